The molecule has 1 atom stereocenters. The van der Waals surface area contributed by atoms with Crippen LogP contribution in [-0.2, 0) is 26.0 Å². The number of ether oxygens (including phenoxy) is 2. The Morgan fingerprint density at radius 3 is 2.86 bits per heavy atom. The molecular formula is C14H22N2O5S. The third kappa shape index (κ3) is 3.69. The molecule has 0 radical (unpaired) electrons. The van der Waals surface area contributed by atoms with Gasteiger partial charge in [-0.05, 0) is 6.07 Å². The molecule has 2 aliphatic rings. The zero-order valence-electron chi connectivity index (χ0n) is 12.7. The van der Waals surface area contributed by atoms with Crippen LogP contribution in [0.2, 0.25) is 0 Å². The number of sulfonamides is 1. The van der Waals surface area contributed by atoms with Gasteiger partial charge >= 0.3 is 0 Å². The Balaban J connectivity index is 1.72. The minimum atomic E-state index is -3.25. The van der Waals surface area contributed by atoms with Gasteiger partial charge < -0.3 is 13.9 Å². The van der Waals surface area contributed by atoms with Crippen LogP contribution < -0.4 is 0 Å². The minimum Gasteiger partial charge on any atom is -0.472 e. The van der Waals surface area contributed by atoms with Gasteiger partial charge in [0.1, 0.15) is 5.60 Å². The highest BCUT2D eigenvalue weighted by atomic mass is 32.2. The third-order valence-corrected chi connectivity index (χ3v) is 5.35. The van der Waals surface area contributed by atoms with Gasteiger partial charge in [0.25, 0.3) is 0 Å². The van der Waals surface area contributed by atoms with Crippen LogP contribution in [0, 0.1) is 0 Å². The smallest absolute Gasteiger partial charge is 0.211 e. The third-order valence-electron chi connectivity index (χ3n) is 4.10. The maximum absolute atomic E-state index is 11.9. The largest absolute Gasteiger partial charge is 0.472 e. The fourth-order valence-electron chi connectivity index (χ4n) is 3.04. The summed E-state index contributed by atoms with van der Waals surface area (Å²) in [5, 5.41) is 0. The van der Waals surface area contributed by atoms with Gasteiger partial charge in [-0.2, -0.15) is 4.31 Å². The monoisotopic (exact) mass is 330 g/mol. The number of hydrogen-bond donors (Lipinski definition) is 0. The van der Waals surface area contributed by atoms with Crippen molar-refractivity contribution in [3.8, 4) is 0 Å². The van der Waals surface area contributed by atoms with Gasteiger partial charge in [0.15, 0.2) is 0 Å². The van der Waals surface area contributed by atoms with Gasteiger partial charge in [-0.3, -0.25) is 4.90 Å². The number of morpholine rings is 1. The highest BCUT2D eigenvalue weighted by Gasteiger charge is 2.42. The summed E-state index contributed by atoms with van der Waals surface area (Å²) >= 11 is 0. The minimum absolute atomic E-state index is 0.341. The molecule has 1 spiro atoms. The van der Waals surface area contributed by atoms with E-state index in [4.69, 9.17) is 13.9 Å². The molecule has 3 heterocycles. The Morgan fingerprint density at radius 1 is 1.27 bits per heavy atom. The van der Waals surface area contributed by atoms with Gasteiger partial charge in [-0.25, -0.2) is 8.42 Å². The van der Waals surface area contributed by atoms with Gasteiger partial charge in [-0.1, -0.05) is 0 Å². The zero-order chi connectivity index (χ0) is 15.6. The summed E-state index contributed by atoms with van der Waals surface area (Å²) < 4.78 is 41.9. The van der Waals surface area contributed by atoms with E-state index in [2.05, 4.69) is 4.90 Å². The maximum atomic E-state index is 11.9. The number of furan rings is 1. The molecule has 0 aliphatic carbocycles. The molecule has 0 bridgehead atoms. The molecule has 0 aromatic carbocycles. The molecule has 2 saturated heterocycles. The second-order valence-electron chi connectivity index (χ2n) is 6.02. The van der Waals surface area contributed by atoms with Gasteiger partial charge in [0, 0.05) is 38.3 Å². The van der Waals surface area contributed by atoms with Crippen LogP contribution in [0.15, 0.2) is 23.0 Å². The fraction of sp³-hybridized carbons (Fsp3) is 0.714. The standard InChI is InChI=1S/C14H22N2O5S/c1-22(17,18)16-4-6-20-12-14(11-16)10-15(3-7-21-14)8-13-2-5-19-9-13/h2,5,9H,3-4,6-8,10-12H2,1H3/t14-/m1/s1. The van der Waals surface area contributed by atoms with E-state index in [1.54, 1.807) is 12.5 Å². The molecule has 8 heteroatoms. The van der Waals surface area contributed by atoms with Crippen molar-refractivity contribution >= 4 is 10.0 Å². The van der Waals surface area contributed by atoms with E-state index in [0.29, 0.717) is 39.5 Å². The Morgan fingerprint density at radius 2 is 2.14 bits per heavy atom. The van der Waals surface area contributed by atoms with E-state index in [0.717, 1.165) is 18.7 Å². The lowest BCUT2D eigenvalue weighted by Crippen LogP contribution is -2.58. The number of hydrogen-bond acceptors (Lipinski definition) is 6. The van der Waals surface area contributed by atoms with Crippen LogP contribution in [0.25, 0.3) is 0 Å². The first-order valence-corrected chi connectivity index (χ1v) is 9.22. The van der Waals surface area contributed by atoms with Crippen molar-refractivity contribution in [3.05, 3.63) is 24.2 Å². The molecule has 2 aliphatic heterocycles. The second kappa shape index (κ2) is 6.29. The first-order chi connectivity index (χ1) is 10.5. The molecule has 0 unspecified atom stereocenters. The lowest BCUT2D eigenvalue weighted by atomic mass is 10.0. The summed E-state index contributed by atoms with van der Waals surface area (Å²) in [6.45, 7) is 4.33. The SMILES string of the molecule is CS(=O)(=O)N1CCOC[C@@]2(CN(Cc3ccoc3)CCO2)C1. The summed E-state index contributed by atoms with van der Waals surface area (Å²) in [4.78, 5) is 2.25. The molecule has 7 nitrogen and oxygen atoms in total. The van der Waals surface area contributed by atoms with Crippen LogP contribution in [0.4, 0.5) is 0 Å². The molecular weight excluding hydrogens is 308 g/mol. The summed E-state index contributed by atoms with van der Waals surface area (Å²) in [5.41, 5.74) is 0.508. The molecule has 0 saturated carbocycles. The summed E-state index contributed by atoms with van der Waals surface area (Å²) in [6.07, 6.45) is 4.62. The van der Waals surface area contributed by atoms with E-state index < -0.39 is 15.6 Å². The lowest BCUT2D eigenvalue weighted by Gasteiger charge is -2.42. The predicted molar refractivity (Wildman–Crippen MR) is 79.9 cm³/mol. The van der Waals surface area contributed by atoms with Crippen molar-refractivity contribution in [2.75, 3.05) is 52.3 Å². The van der Waals surface area contributed by atoms with Crippen molar-refractivity contribution in [1.29, 1.82) is 0 Å². The molecule has 1 aromatic rings. The predicted octanol–water partition coefficient (Wildman–Crippen LogP) is 0.142. The van der Waals surface area contributed by atoms with Crippen molar-refractivity contribution in [2.45, 2.75) is 12.1 Å². The number of rotatable bonds is 3. The zero-order valence-corrected chi connectivity index (χ0v) is 13.5. The Kier molecular flexibility index (Phi) is 4.56. The van der Waals surface area contributed by atoms with Crippen molar-refractivity contribution < 1.29 is 22.3 Å². The van der Waals surface area contributed by atoms with E-state index >= 15 is 0 Å². The van der Waals surface area contributed by atoms with E-state index in [1.165, 1.54) is 10.6 Å². The first kappa shape index (κ1) is 15.9. The topological polar surface area (TPSA) is 72.2 Å². The van der Waals surface area contributed by atoms with Crippen LogP contribution in [0.1, 0.15) is 5.56 Å². The van der Waals surface area contributed by atoms with Gasteiger partial charge in [0.05, 0.1) is 38.6 Å². The maximum Gasteiger partial charge on any atom is 0.211 e. The van der Waals surface area contributed by atoms with Crippen LogP contribution >= 0.6 is 0 Å². The van der Waals surface area contributed by atoms with Gasteiger partial charge in [0.2, 0.25) is 10.0 Å². The summed E-state index contributed by atoms with van der Waals surface area (Å²) in [6, 6.07) is 1.94. The van der Waals surface area contributed by atoms with Crippen LogP contribution in [0.5, 0.6) is 0 Å². The van der Waals surface area contributed by atoms with Crippen molar-refractivity contribution in [2.24, 2.45) is 0 Å². The molecule has 2 fully saturated rings. The molecule has 124 valence electrons. The van der Waals surface area contributed by atoms with E-state index in [9.17, 15) is 8.42 Å². The average Bonchev–Trinajstić information content (AvgIpc) is 2.86. The quantitative estimate of drug-likeness (QED) is 0.785. The lowest BCUT2D eigenvalue weighted by molar-refractivity contribution is -0.139. The van der Waals surface area contributed by atoms with Crippen molar-refractivity contribution in [3.63, 3.8) is 0 Å². The summed E-state index contributed by atoms with van der Waals surface area (Å²) in [7, 11) is -3.25. The molecule has 3 rings (SSSR count). The van der Waals surface area contributed by atoms with E-state index in [-0.39, 0.29) is 0 Å². The Hall–Kier alpha value is -0.930. The summed E-state index contributed by atoms with van der Waals surface area (Å²) in [5.74, 6) is 0. The number of nitrogens with zero attached hydrogens (tertiary/aromatic N) is 2. The normalized spacial score (nSPS) is 28.8. The highest BCUT2D eigenvalue weighted by molar-refractivity contribution is 7.88. The van der Waals surface area contributed by atoms with E-state index in [1.807, 2.05) is 6.07 Å². The first-order valence-electron chi connectivity index (χ1n) is 7.37. The molecule has 0 amide bonds. The molecule has 1 aromatic heterocycles. The van der Waals surface area contributed by atoms with Crippen LogP contribution in [-0.4, -0.2) is 75.5 Å². The molecule has 22 heavy (non-hydrogen) atoms. The second-order valence-corrected chi connectivity index (χ2v) is 8.01. The Labute approximate surface area is 130 Å². The Bertz CT molecular complexity index is 588. The molecule has 0 N–H and O–H groups in total. The van der Waals surface area contributed by atoms with Gasteiger partial charge in [-0.15, -0.1) is 0 Å². The van der Waals surface area contributed by atoms with Crippen LogP contribution in [0.3, 0.4) is 0 Å². The fourth-order valence-corrected chi connectivity index (χ4v) is 3.91. The van der Waals surface area contributed by atoms with Crippen molar-refractivity contribution in [1.82, 2.24) is 9.21 Å². The highest BCUT2D eigenvalue weighted by Crippen LogP contribution is 2.24. The average molecular weight is 330 g/mol.